The van der Waals surface area contributed by atoms with Gasteiger partial charge in [-0.25, -0.2) is 0 Å². The van der Waals surface area contributed by atoms with Gasteiger partial charge in [0.2, 0.25) is 5.91 Å². The number of hydrogen-bond acceptors (Lipinski definition) is 5. The summed E-state index contributed by atoms with van der Waals surface area (Å²) in [7, 11) is 1.91. The Morgan fingerprint density at radius 3 is 2.48 bits per heavy atom. The summed E-state index contributed by atoms with van der Waals surface area (Å²) in [6, 6.07) is 12.2. The number of anilines is 2. The first-order chi connectivity index (χ1) is 16.0. The van der Waals surface area contributed by atoms with Gasteiger partial charge in [0.15, 0.2) is 0 Å². The maximum absolute atomic E-state index is 12.7. The molecule has 0 spiro atoms. The lowest BCUT2D eigenvalue weighted by atomic mass is 10.1. The van der Waals surface area contributed by atoms with E-state index in [1.165, 1.54) is 5.56 Å². The lowest BCUT2D eigenvalue weighted by molar-refractivity contribution is -0.111. The Morgan fingerprint density at radius 2 is 1.79 bits per heavy atom. The second-order valence-electron chi connectivity index (χ2n) is 8.48. The molecule has 0 radical (unpaired) electrons. The predicted octanol–water partition coefficient (Wildman–Crippen LogP) is 3.45. The summed E-state index contributed by atoms with van der Waals surface area (Å²) in [5.74, 6) is -0.138. The van der Waals surface area contributed by atoms with Crippen LogP contribution in [-0.2, 0) is 18.3 Å². The Morgan fingerprint density at radius 1 is 1.06 bits per heavy atom. The van der Waals surface area contributed by atoms with Crippen molar-refractivity contribution in [1.82, 2.24) is 19.7 Å². The van der Waals surface area contributed by atoms with Crippen LogP contribution >= 0.6 is 0 Å². The Bertz CT molecular complexity index is 1110. The fraction of sp³-hybridized carbons (Fsp3) is 0.346. The van der Waals surface area contributed by atoms with Crippen molar-refractivity contribution < 1.29 is 4.79 Å². The second kappa shape index (κ2) is 10.4. The number of piperazine rings is 1. The van der Waals surface area contributed by atoms with E-state index in [-0.39, 0.29) is 5.91 Å². The molecule has 0 aliphatic carbocycles. The number of carbonyl (C=O) groups is 1. The third-order valence-electron chi connectivity index (χ3n) is 6.31. The highest BCUT2D eigenvalue weighted by Crippen LogP contribution is 2.27. The Balaban J connectivity index is 1.35. The number of benzene rings is 1. The SMILES string of the molecule is Cc1nn(C)c(C)c1/C=C/C(=O)Nc1ccccc1N1CCN(CCc2ccncc2)CC1. The number of amides is 1. The summed E-state index contributed by atoms with van der Waals surface area (Å²) >= 11 is 0. The van der Waals surface area contributed by atoms with E-state index in [1.54, 1.807) is 6.08 Å². The number of aromatic nitrogens is 3. The minimum absolute atomic E-state index is 0.138. The van der Waals surface area contributed by atoms with E-state index in [1.807, 2.05) is 62.2 Å². The summed E-state index contributed by atoms with van der Waals surface area (Å²) in [6.07, 6.45) is 8.18. The summed E-state index contributed by atoms with van der Waals surface area (Å²) in [6.45, 7) is 8.90. The van der Waals surface area contributed by atoms with Gasteiger partial charge in [-0.15, -0.1) is 0 Å². The maximum Gasteiger partial charge on any atom is 0.248 e. The van der Waals surface area contributed by atoms with Crippen molar-refractivity contribution in [3.05, 3.63) is 77.4 Å². The molecule has 1 fully saturated rings. The molecule has 0 unspecified atom stereocenters. The number of nitrogens with zero attached hydrogens (tertiary/aromatic N) is 5. The molecule has 172 valence electrons. The molecule has 1 aromatic carbocycles. The topological polar surface area (TPSA) is 66.3 Å². The van der Waals surface area contributed by atoms with E-state index in [2.05, 4.69) is 43.4 Å². The van der Waals surface area contributed by atoms with Gasteiger partial charge in [0.1, 0.15) is 0 Å². The van der Waals surface area contributed by atoms with Crippen LogP contribution in [0.1, 0.15) is 22.5 Å². The first kappa shape index (κ1) is 22.7. The molecule has 4 rings (SSSR count). The highest BCUT2D eigenvalue weighted by Gasteiger charge is 2.19. The largest absolute Gasteiger partial charge is 0.367 e. The molecule has 7 heteroatoms. The quantitative estimate of drug-likeness (QED) is 0.566. The van der Waals surface area contributed by atoms with Gasteiger partial charge in [-0.1, -0.05) is 12.1 Å². The molecule has 33 heavy (non-hydrogen) atoms. The van der Waals surface area contributed by atoms with Crippen molar-refractivity contribution in [2.75, 3.05) is 42.9 Å². The standard InChI is InChI=1S/C26H32N6O/c1-20-23(21(2)30(3)29-20)8-9-26(33)28-24-6-4-5-7-25(24)32-18-16-31(17-19-32)15-12-22-10-13-27-14-11-22/h4-11,13-14H,12,15-19H2,1-3H3,(H,28,33)/b9-8+. The second-order valence-corrected chi connectivity index (χ2v) is 8.48. The van der Waals surface area contributed by atoms with Gasteiger partial charge in [0.05, 0.1) is 17.1 Å². The summed E-state index contributed by atoms with van der Waals surface area (Å²) in [5, 5.41) is 7.47. The Labute approximate surface area is 195 Å². The molecule has 0 saturated carbocycles. The van der Waals surface area contributed by atoms with Crippen molar-refractivity contribution in [2.24, 2.45) is 7.05 Å². The molecule has 0 bridgehead atoms. The molecule has 3 aromatic rings. The zero-order valence-electron chi connectivity index (χ0n) is 19.7. The van der Waals surface area contributed by atoms with E-state index in [0.29, 0.717) is 0 Å². The molecule has 1 amide bonds. The molecule has 7 nitrogen and oxygen atoms in total. The Hall–Kier alpha value is -3.45. The molecule has 0 atom stereocenters. The highest BCUT2D eigenvalue weighted by molar-refractivity contribution is 6.04. The number of hydrogen-bond donors (Lipinski definition) is 1. The van der Waals surface area contributed by atoms with Gasteiger partial charge in [-0.3, -0.25) is 19.4 Å². The van der Waals surface area contributed by atoms with Crippen molar-refractivity contribution >= 4 is 23.4 Å². The van der Waals surface area contributed by atoms with E-state index >= 15 is 0 Å². The number of carbonyl (C=O) groups excluding carboxylic acids is 1. The Kier molecular flexibility index (Phi) is 7.19. The molecule has 2 aromatic heterocycles. The van der Waals surface area contributed by atoms with Crippen LogP contribution in [0.5, 0.6) is 0 Å². The van der Waals surface area contributed by atoms with Crippen LogP contribution < -0.4 is 10.2 Å². The summed E-state index contributed by atoms with van der Waals surface area (Å²) in [4.78, 5) is 21.6. The maximum atomic E-state index is 12.7. The number of para-hydroxylation sites is 2. The first-order valence-corrected chi connectivity index (χ1v) is 11.5. The minimum Gasteiger partial charge on any atom is -0.367 e. The zero-order valence-corrected chi connectivity index (χ0v) is 19.7. The average Bonchev–Trinajstić information content (AvgIpc) is 3.08. The van der Waals surface area contributed by atoms with Crippen LogP contribution in [-0.4, -0.2) is 58.3 Å². The van der Waals surface area contributed by atoms with E-state index in [9.17, 15) is 4.79 Å². The van der Waals surface area contributed by atoms with E-state index in [4.69, 9.17) is 0 Å². The van der Waals surface area contributed by atoms with Crippen molar-refractivity contribution in [3.63, 3.8) is 0 Å². The third-order valence-corrected chi connectivity index (χ3v) is 6.31. The minimum atomic E-state index is -0.138. The fourth-order valence-electron chi connectivity index (χ4n) is 4.27. The summed E-state index contributed by atoms with van der Waals surface area (Å²) < 4.78 is 1.83. The molecule has 1 saturated heterocycles. The third kappa shape index (κ3) is 5.68. The molecule has 1 N–H and O–H groups in total. The number of aryl methyl sites for hydroxylation is 2. The van der Waals surface area contributed by atoms with Crippen LogP contribution in [0.25, 0.3) is 6.08 Å². The molecule has 1 aliphatic heterocycles. The van der Waals surface area contributed by atoms with Gasteiger partial charge in [0, 0.05) is 69.5 Å². The van der Waals surface area contributed by atoms with Crippen molar-refractivity contribution in [3.8, 4) is 0 Å². The predicted molar refractivity (Wildman–Crippen MR) is 133 cm³/mol. The lowest BCUT2D eigenvalue weighted by Gasteiger charge is -2.37. The van der Waals surface area contributed by atoms with Gasteiger partial charge in [0.25, 0.3) is 0 Å². The van der Waals surface area contributed by atoms with Gasteiger partial charge in [-0.2, -0.15) is 5.10 Å². The fourth-order valence-corrected chi connectivity index (χ4v) is 4.27. The average molecular weight is 445 g/mol. The van der Waals surface area contributed by atoms with Gasteiger partial charge < -0.3 is 10.2 Å². The van der Waals surface area contributed by atoms with Crippen LogP contribution in [0, 0.1) is 13.8 Å². The van der Waals surface area contributed by atoms with Crippen molar-refractivity contribution in [1.29, 1.82) is 0 Å². The van der Waals surface area contributed by atoms with Gasteiger partial charge in [-0.05, 0) is 56.2 Å². The lowest BCUT2D eigenvalue weighted by Crippen LogP contribution is -2.47. The zero-order chi connectivity index (χ0) is 23.2. The monoisotopic (exact) mass is 444 g/mol. The van der Waals surface area contributed by atoms with Crippen LogP contribution in [0.4, 0.5) is 11.4 Å². The number of pyridine rings is 1. The first-order valence-electron chi connectivity index (χ1n) is 11.5. The smallest absolute Gasteiger partial charge is 0.248 e. The molecular formula is C26H32N6O. The van der Waals surface area contributed by atoms with Crippen LogP contribution in [0.15, 0.2) is 54.9 Å². The summed E-state index contributed by atoms with van der Waals surface area (Å²) in [5.41, 5.74) is 6.19. The van der Waals surface area contributed by atoms with E-state index < -0.39 is 0 Å². The normalized spacial score (nSPS) is 14.7. The molecular weight excluding hydrogens is 412 g/mol. The van der Waals surface area contributed by atoms with E-state index in [0.717, 1.165) is 67.5 Å². The van der Waals surface area contributed by atoms with Crippen molar-refractivity contribution in [2.45, 2.75) is 20.3 Å². The number of rotatable bonds is 7. The number of nitrogens with one attached hydrogen (secondary N) is 1. The van der Waals surface area contributed by atoms with Crippen LogP contribution in [0.3, 0.4) is 0 Å². The van der Waals surface area contributed by atoms with Gasteiger partial charge >= 0.3 is 0 Å². The molecule has 1 aliphatic rings. The molecule has 3 heterocycles. The van der Waals surface area contributed by atoms with Crippen LogP contribution in [0.2, 0.25) is 0 Å². The highest BCUT2D eigenvalue weighted by atomic mass is 16.1.